The predicted octanol–water partition coefficient (Wildman–Crippen LogP) is 3.45. The van der Waals surface area contributed by atoms with E-state index in [4.69, 9.17) is 4.74 Å². The van der Waals surface area contributed by atoms with Gasteiger partial charge >= 0.3 is 5.97 Å². The van der Waals surface area contributed by atoms with Crippen molar-refractivity contribution in [1.82, 2.24) is 8.75 Å². The van der Waals surface area contributed by atoms with Crippen LogP contribution in [0.1, 0.15) is 21.6 Å². The molecule has 0 aliphatic heterocycles. The van der Waals surface area contributed by atoms with Gasteiger partial charge in [0.2, 0.25) is 0 Å². The van der Waals surface area contributed by atoms with E-state index in [0.717, 1.165) is 25.2 Å². The molecule has 1 unspecified atom stereocenters. The molecule has 0 saturated carbocycles. The number of benzene rings is 2. The zero-order valence-electron chi connectivity index (χ0n) is 14.0. The minimum Gasteiger partial charge on any atom is -0.755 e. The van der Waals surface area contributed by atoms with Gasteiger partial charge in [0.15, 0.2) is 5.82 Å². The lowest BCUT2D eigenvalue weighted by Crippen LogP contribution is -2.24. The Hall–Kier alpha value is -1.89. The van der Waals surface area contributed by atoms with Gasteiger partial charge in [-0.15, -0.1) is 0 Å². The molecular formula is C17H13IN3O4S2-. The summed E-state index contributed by atoms with van der Waals surface area (Å²) in [6, 6.07) is 14.4. The van der Waals surface area contributed by atoms with Gasteiger partial charge in [-0.25, -0.2) is 4.79 Å². The van der Waals surface area contributed by atoms with Crippen LogP contribution >= 0.6 is 34.3 Å². The number of aromatic nitrogens is 2. The van der Waals surface area contributed by atoms with Crippen molar-refractivity contribution >= 4 is 63.1 Å². The molecule has 0 aliphatic rings. The van der Waals surface area contributed by atoms with Gasteiger partial charge in [-0.3, -0.25) is 8.51 Å². The summed E-state index contributed by atoms with van der Waals surface area (Å²) >= 11 is 0.251. The Morgan fingerprint density at radius 2 is 2.00 bits per heavy atom. The number of nitrogens with zero attached hydrogens (tertiary/aromatic N) is 3. The molecule has 0 amide bonds. The van der Waals surface area contributed by atoms with Crippen LogP contribution in [0, 0.1) is 3.57 Å². The largest absolute Gasteiger partial charge is 0.755 e. The normalized spacial score (nSPS) is 11.8. The first-order valence-electron chi connectivity index (χ1n) is 7.64. The number of anilines is 2. The van der Waals surface area contributed by atoms with Crippen LogP contribution < -0.4 is 4.31 Å². The number of esters is 1. The molecular weight excluding hydrogens is 501 g/mol. The maximum atomic E-state index is 12.1. The van der Waals surface area contributed by atoms with Gasteiger partial charge < -0.3 is 9.29 Å². The van der Waals surface area contributed by atoms with E-state index < -0.39 is 17.2 Å². The Morgan fingerprint density at radius 3 is 2.67 bits per heavy atom. The highest BCUT2D eigenvalue weighted by Gasteiger charge is 2.24. The second kappa shape index (κ2) is 8.87. The molecule has 3 aromatic rings. The Balaban J connectivity index is 2.09. The predicted molar refractivity (Wildman–Crippen MR) is 111 cm³/mol. The van der Waals surface area contributed by atoms with Gasteiger partial charge in [0.25, 0.3) is 0 Å². The quantitative estimate of drug-likeness (QED) is 0.284. The second-order valence-corrected chi connectivity index (χ2v) is 7.93. The molecule has 0 fully saturated rings. The van der Waals surface area contributed by atoms with Gasteiger partial charge in [0.1, 0.15) is 5.69 Å². The molecule has 0 saturated heterocycles. The summed E-state index contributed by atoms with van der Waals surface area (Å²) in [4.78, 5) is 12.1. The minimum absolute atomic E-state index is 0.126. The molecule has 1 aromatic heterocycles. The molecule has 0 spiro atoms. The molecule has 2 aromatic carbocycles. The fourth-order valence-electron chi connectivity index (χ4n) is 2.48. The van der Waals surface area contributed by atoms with E-state index in [-0.39, 0.29) is 17.1 Å². The van der Waals surface area contributed by atoms with Crippen molar-refractivity contribution in [1.29, 1.82) is 0 Å². The smallest absolute Gasteiger partial charge is 0.340 e. The number of rotatable bonds is 6. The Morgan fingerprint density at radius 1 is 1.26 bits per heavy atom. The van der Waals surface area contributed by atoms with Gasteiger partial charge in [0, 0.05) is 9.99 Å². The standard InChI is InChI=1S/C17H14IN3O4S2/c1-25-17(22)13-8-7-12(18)10-15(13)21(27(23)24)16-14(19-26-20-16)9-11-5-3-2-4-6-11/h2-8,10H,9H2,1H3,(H,23,24)/p-1. The molecule has 10 heteroatoms. The van der Waals surface area contributed by atoms with Crippen LogP contribution in [0.3, 0.4) is 0 Å². The lowest BCUT2D eigenvalue weighted by Gasteiger charge is -2.26. The third kappa shape index (κ3) is 4.51. The molecule has 1 atom stereocenters. The maximum Gasteiger partial charge on any atom is 0.340 e. The van der Waals surface area contributed by atoms with Crippen molar-refractivity contribution in [2.45, 2.75) is 6.42 Å². The summed E-state index contributed by atoms with van der Waals surface area (Å²) in [5.74, 6) is -0.464. The van der Waals surface area contributed by atoms with Crippen LogP contribution in [0.5, 0.6) is 0 Å². The van der Waals surface area contributed by atoms with Gasteiger partial charge in [-0.2, -0.15) is 8.75 Å². The van der Waals surface area contributed by atoms with Crippen molar-refractivity contribution < 1.29 is 18.3 Å². The number of hydrogen-bond acceptors (Lipinski definition) is 7. The zero-order valence-corrected chi connectivity index (χ0v) is 17.8. The van der Waals surface area contributed by atoms with E-state index in [0.29, 0.717) is 12.1 Å². The van der Waals surface area contributed by atoms with Gasteiger partial charge in [0.05, 0.1) is 41.4 Å². The Bertz CT molecular complexity index is 981. The van der Waals surface area contributed by atoms with Crippen molar-refractivity contribution in [3.05, 3.63) is 68.9 Å². The average Bonchev–Trinajstić information content (AvgIpc) is 3.09. The topological polar surface area (TPSA) is 95.5 Å². The van der Waals surface area contributed by atoms with E-state index in [1.165, 1.54) is 13.2 Å². The monoisotopic (exact) mass is 514 g/mol. The Labute approximate surface area is 176 Å². The van der Waals surface area contributed by atoms with E-state index in [1.807, 2.05) is 52.9 Å². The fraction of sp³-hybridized carbons (Fsp3) is 0.118. The van der Waals surface area contributed by atoms with Crippen molar-refractivity contribution in [2.24, 2.45) is 0 Å². The number of methoxy groups -OCH3 is 1. The summed E-state index contributed by atoms with van der Waals surface area (Å²) in [6.45, 7) is 0. The molecule has 0 N–H and O–H groups in total. The average molecular weight is 514 g/mol. The van der Waals surface area contributed by atoms with E-state index >= 15 is 0 Å². The molecule has 140 valence electrons. The number of hydrogen-bond donors (Lipinski definition) is 0. The minimum atomic E-state index is -2.71. The molecule has 1 heterocycles. The first kappa shape index (κ1) is 19.9. The highest BCUT2D eigenvalue weighted by atomic mass is 127. The lowest BCUT2D eigenvalue weighted by molar-refractivity contribution is 0.0601. The van der Waals surface area contributed by atoms with Crippen molar-refractivity contribution in [2.75, 3.05) is 11.4 Å². The summed E-state index contributed by atoms with van der Waals surface area (Å²) in [5.41, 5.74) is 1.77. The van der Waals surface area contributed by atoms with Crippen LogP contribution in [-0.4, -0.2) is 30.6 Å². The highest BCUT2D eigenvalue weighted by Crippen LogP contribution is 2.33. The molecule has 27 heavy (non-hydrogen) atoms. The molecule has 0 aliphatic carbocycles. The van der Waals surface area contributed by atoms with Crippen LogP contribution in [0.4, 0.5) is 11.5 Å². The number of carbonyl (C=O) groups excluding carboxylic acids is 1. The van der Waals surface area contributed by atoms with Crippen LogP contribution in [-0.2, 0) is 22.4 Å². The third-order valence-electron chi connectivity index (χ3n) is 3.68. The second-order valence-electron chi connectivity index (χ2n) is 5.36. The van der Waals surface area contributed by atoms with E-state index in [9.17, 15) is 13.6 Å². The van der Waals surface area contributed by atoms with E-state index in [2.05, 4.69) is 8.75 Å². The van der Waals surface area contributed by atoms with Crippen molar-refractivity contribution in [3.63, 3.8) is 0 Å². The number of ether oxygens (including phenoxy) is 1. The molecule has 0 bridgehead atoms. The summed E-state index contributed by atoms with van der Waals surface area (Å²) in [5, 5.41) is 0. The summed E-state index contributed by atoms with van der Waals surface area (Å²) in [6.07, 6.45) is 0.415. The number of carbonyl (C=O) groups is 1. The first-order chi connectivity index (χ1) is 13.0. The van der Waals surface area contributed by atoms with Crippen molar-refractivity contribution in [3.8, 4) is 0 Å². The van der Waals surface area contributed by atoms with Gasteiger partial charge in [-0.1, -0.05) is 30.3 Å². The lowest BCUT2D eigenvalue weighted by atomic mass is 10.1. The van der Waals surface area contributed by atoms with Crippen LogP contribution in [0.15, 0.2) is 48.5 Å². The molecule has 3 rings (SSSR count). The summed E-state index contributed by atoms with van der Waals surface area (Å²) < 4.78 is 39.1. The first-order valence-corrected chi connectivity index (χ1v) is 10.5. The molecule has 0 radical (unpaired) electrons. The van der Waals surface area contributed by atoms with Crippen LogP contribution in [0.25, 0.3) is 0 Å². The third-order valence-corrected chi connectivity index (χ3v) is 5.57. The Kier molecular flexibility index (Phi) is 6.52. The van der Waals surface area contributed by atoms with E-state index in [1.54, 1.807) is 12.1 Å². The fourth-order valence-corrected chi connectivity index (χ4v) is 4.15. The summed E-state index contributed by atoms with van der Waals surface area (Å²) in [7, 11) is 1.24. The zero-order chi connectivity index (χ0) is 19.4. The highest BCUT2D eigenvalue weighted by molar-refractivity contribution is 14.1. The van der Waals surface area contributed by atoms with Gasteiger partial charge in [-0.05, 0) is 46.4 Å². The SMILES string of the molecule is COC(=O)c1ccc(I)cc1N(c1nsnc1Cc1ccccc1)S(=O)[O-]. The number of halogens is 1. The molecule has 7 nitrogen and oxygen atoms in total. The maximum absolute atomic E-state index is 12.1. The van der Waals surface area contributed by atoms with Crippen LogP contribution in [0.2, 0.25) is 0 Å².